The van der Waals surface area contributed by atoms with Crippen molar-refractivity contribution in [1.82, 2.24) is 19.4 Å². The van der Waals surface area contributed by atoms with Crippen molar-refractivity contribution >= 4 is 16.8 Å². The van der Waals surface area contributed by atoms with E-state index >= 15 is 0 Å². The number of aromatic nitrogens is 2. The van der Waals surface area contributed by atoms with Crippen molar-refractivity contribution in [2.24, 2.45) is 13.0 Å². The van der Waals surface area contributed by atoms with Gasteiger partial charge >= 0.3 is 0 Å². The molecule has 0 saturated carbocycles. The number of hydrogen-bond acceptors (Lipinski definition) is 5. The van der Waals surface area contributed by atoms with E-state index in [2.05, 4.69) is 48.1 Å². The number of fused-ring (bicyclic) bond motifs is 5. The van der Waals surface area contributed by atoms with Crippen molar-refractivity contribution in [1.29, 1.82) is 0 Å². The third-order valence-electron chi connectivity index (χ3n) is 7.92. The molecule has 0 bridgehead atoms. The van der Waals surface area contributed by atoms with Crippen molar-refractivity contribution in [3.05, 3.63) is 89.9 Å². The molecule has 0 spiro atoms. The minimum absolute atomic E-state index is 0.0336. The SMILES string of the molecule is C[C@@H]1CN([C@@H](C)CO)C(=O)c2c(c3ccccc3n2C)-c2ccccc2CO[C@H]1CN(C)Cc1ccncc1. The first-order valence-corrected chi connectivity index (χ1v) is 13.7. The number of rotatable bonds is 6. The van der Waals surface area contributed by atoms with Gasteiger partial charge in [0.2, 0.25) is 0 Å². The van der Waals surface area contributed by atoms with Crippen LogP contribution in [0.1, 0.15) is 35.5 Å². The van der Waals surface area contributed by atoms with Crippen LogP contribution in [-0.4, -0.2) is 69.3 Å². The highest BCUT2D eigenvalue weighted by Gasteiger charge is 2.33. The number of carbonyl (C=O) groups excluding carboxylic acids is 1. The van der Waals surface area contributed by atoms with E-state index in [-0.39, 0.29) is 30.6 Å². The summed E-state index contributed by atoms with van der Waals surface area (Å²) in [5.41, 5.74) is 5.82. The van der Waals surface area contributed by atoms with E-state index in [1.807, 2.05) is 72.2 Å². The molecule has 3 atom stereocenters. The zero-order valence-corrected chi connectivity index (χ0v) is 23.2. The van der Waals surface area contributed by atoms with Gasteiger partial charge in [0.05, 0.1) is 25.4 Å². The summed E-state index contributed by atoms with van der Waals surface area (Å²) < 4.78 is 8.69. The van der Waals surface area contributed by atoms with Gasteiger partial charge in [0.25, 0.3) is 5.91 Å². The highest BCUT2D eigenvalue weighted by Crippen LogP contribution is 2.38. The van der Waals surface area contributed by atoms with Gasteiger partial charge in [-0.15, -0.1) is 0 Å². The van der Waals surface area contributed by atoms with Crippen LogP contribution in [0.4, 0.5) is 0 Å². The summed E-state index contributed by atoms with van der Waals surface area (Å²) in [6, 6.07) is 20.1. The van der Waals surface area contributed by atoms with Crippen LogP contribution in [-0.2, 0) is 24.9 Å². The maximum Gasteiger partial charge on any atom is 0.271 e. The Morgan fingerprint density at radius 1 is 1.10 bits per heavy atom. The lowest BCUT2D eigenvalue weighted by Gasteiger charge is -2.35. The molecular formula is C32H38N4O3. The summed E-state index contributed by atoms with van der Waals surface area (Å²) in [6.45, 7) is 6.34. The van der Waals surface area contributed by atoms with Crippen LogP contribution in [0.2, 0.25) is 0 Å². The minimum atomic E-state index is -0.336. The van der Waals surface area contributed by atoms with Crippen molar-refractivity contribution in [3.8, 4) is 11.1 Å². The molecule has 0 aliphatic carbocycles. The summed E-state index contributed by atoms with van der Waals surface area (Å²) in [5.74, 6) is -0.0380. The average molecular weight is 527 g/mol. The molecule has 1 N–H and O–H groups in total. The Morgan fingerprint density at radius 2 is 1.82 bits per heavy atom. The topological polar surface area (TPSA) is 70.8 Å². The van der Waals surface area contributed by atoms with Gasteiger partial charge in [0, 0.05) is 61.5 Å². The number of ether oxygens (including phenoxy) is 1. The molecule has 2 aromatic carbocycles. The van der Waals surface area contributed by atoms with Crippen LogP contribution in [0.25, 0.3) is 22.0 Å². The highest BCUT2D eigenvalue weighted by atomic mass is 16.5. The van der Waals surface area contributed by atoms with Gasteiger partial charge in [-0.05, 0) is 48.9 Å². The van der Waals surface area contributed by atoms with Gasteiger partial charge in [0.15, 0.2) is 0 Å². The Bertz CT molecular complexity index is 1430. The zero-order valence-electron chi connectivity index (χ0n) is 23.2. The number of aliphatic hydroxyl groups is 1. The average Bonchev–Trinajstić information content (AvgIpc) is 3.24. The summed E-state index contributed by atoms with van der Waals surface area (Å²) in [4.78, 5) is 22.6. The fraction of sp³-hybridized carbons (Fsp3) is 0.375. The number of nitrogens with zero attached hydrogens (tertiary/aromatic N) is 4. The zero-order chi connectivity index (χ0) is 27.5. The predicted molar refractivity (Wildman–Crippen MR) is 154 cm³/mol. The van der Waals surface area contributed by atoms with E-state index in [9.17, 15) is 9.90 Å². The van der Waals surface area contributed by atoms with Crippen LogP contribution in [0.5, 0.6) is 0 Å². The molecule has 1 aliphatic rings. The van der Waals surface area contributed by atoms with E-state index in [4.69, 9.17) is 4.74 Å². The van der Waals surface area contributed by atoms with E-state index < -0.39 is 0 Å². The summed E-state index contributed by atoms with van der Waals surface area (Å²) in [6.07, 6.45) is 3.50. The molecular weight excluding hydrogens is 488 g/mol. The van der Waals surface area contributed by atoms with Gasteiger partial charge < -0.3 is 19.3 Å². The molecule has 0 unspecified atom stereocenters. The van der Waals surface area contributed by atoms with Gasteiger partial charge in [0.1, 0.15) is 5.69 Å². The molecule has 39 heavy (non-hydrogen) atoms. The third kappa shape index (κ3) is 5.48. The van der Waals surface area contributed by atoms with Crippen LogP contribution in [0.15, 0.2) is 73.1 Å². The number of carbonyl (C=O) groups is 1. The number of hydrogen-bond donors (Lipinski definition) is 1. The van der Waals surface area contributed by atoms with E-state index in [0.29, 0.717) is 25.4 Å². The van der Waals surface area contributed by atoms with Crippen LogP contribution in [0, 0.1) is 5.92 Å². The third-order valence-corrected chi connectivity index (χ3v) is 7.92. The van der Waals surface area contributed by atoms with Crippen molar-refractivity contribution < 1.29 is 14.6 Å². The Hall–Kier alpha value is -3.52. The number of likely N-dealkylation sites (N-methyl/N-ethyl adjacent to an activating group) is 1. The number of amides is 1. The molecule has 204 valence electrons. The smallest absolute Gasteiger partial charge is 0.271 e. The standard InChI is InChI=1S/C32H38N4O3/c1-22-17-36(23(2)20-37)32(38)31-30(27-11-7-8-12-28(27)35(31)4)26-10-6-5-9-25(26)21-39-29(22)19-34(3)18-24-13-15-33-16-14-24/h5-16,22-23,29,37H,17-21H2,1-4H3/t22-,23+,29+/m1/s1. The van der Waals surface area contributed by atoms with Crippen molar-refractivity contribution in [2.75, 3.05) is 26.7 Å². The van der Waals surface area contributed by atoms with Crippen LogP contribution in [0.3, 0.4) is 0 Å². The second-order valence-electron chi connectivity index (χ2n) is 10.8. The molecule has 1 aliphatic heterocycles. The number of aliphatic hydroxyl groups excluding tert-OH is 1. The van der Waals surface area contributed by atoms with Gasteiger partial charge in [-0.1, -0.05) is 49.4 Å². The van der Waals surface area contributed by atoms with Crippen LogP contribution >= 0.6 is 0 Å². The maximum atomic E-state index is 14.4. The molecule has 2 aromatic heterocycles. The number of para-hydroxylation sites is 1. The highest BCUT2D eigenvalue weighted by molar-refractivity contribution is 6.10. The largest absolute Gasteiger partial charge is 0.394 e. The van der Waals surface area contributed by atoms with Gasteiger partial charge in [-0.25, -0.2) is 0 Å². The molecule has 7 heteroatoms. The second kappa shape index (κ2) is 11.7. The lowest BCUT2D eigenvalue weighted by Crippen LogP contribution is -2.47. The lowest BCUT2D eigenvalue weighted by atomic mass is 9.96. The number of pyridine rings is 1. The minimum Gasteiger partial charge on any atom is -0.394 e. The fourth-order valence-electron chi connectivity index (χ4n) is 5.70. The molecule has 1 amide bonds. The molecule has 4 aromatic rings. The van der Waals surface area contributed by atoms with Crippen molar-refractivity contribution in [2.45, 2.75) is 39.1 Å². The first-order chi connectivity index (χ1) is 18.9. The Balaban J connectivity index is 1.58. The quantitative estimate of drug-likeness (QED) is 0.393. The van der Waals surface area contributed by atoms with Crippen molar-refractivity contribution in [3.63, 3.8) is 0 Å². The number of benzene rings is 2. The molecule has 3 heterocycles. The summed E-state index contributed by atoms with van der Waals surface area (Å²) in [5, 5.41) is 11.2. The summed E-state index contributed by atoms with van der Waals surface area (Å²) >= 11 is 0. The monoisotopic (exact) mass is 526 g/mol. The summed E-state index contributed by atoms with van der Waals surface area (Å²) in [7, 11) is 4.05. The Kier molecular flexibility index (Phi) is 8.12. The van der Waals surface area contributed by atoms with Gasteiger partial charge in [-0.3, -0.25) is 14.7 Å². The fourth-order valence-corrected chi connectivity index (χ4v) is 5.70. The molecule has 0 saturated heterocycles. The first kappa shape index (κ1) is 27.1. The predicted octanol–water partition coefficient (Wildman–Crippen LogP) is 4.73. The van der Waals surface area contributed by atoms with Gasteiger partial charge in [-0.2, -0.15) is 0 Å². The Morgan fingerprint density at radius 3 is 2.59 bits per heavy atom. The Labute approximate surface area is 230 Å². The maximum absolute atomic E-state index is 14.4. The normalized spacial score (nSPS) is 19.0. The van der Waals surface area contributed by atoms with Crippen LogP contribution < -0.4 is 0 Å². The molecule has 7 nitrogen and oxygen atoms in total. The first-order valence-electron chi connectivity index (χ1n) is 13.7. The molecule has 0 fully saturated rings. The molecule has 5 rings (SSSR count). The number of aryl methyl sites for hydroxylation is 1. The molecule has 0 radical (unpaired) electrons. The van der Waals surface area contributed by atoms with E-state index in [0.717, 1.165) is 34.1 Å². The van der Waals surface area contributed by atoms with E-state index in [1.165, 1.54) is 5.56 Å². The second-order valence-corrected chi connectivity index (χ2v) is 10.8. The van der Waals surface area contributed by atoms with E-state index in [1.54, 1.807) is 0 Å². The lowest BCUT2D eigenvalue weighted by molar-refractivity contribution is -0.0242.